The highest BCUT2D eigenvalue weighted by atomic mass is 35.5. The Bertz CT molecular complexity index is 305. The van der Waals surface area contributed by atoms with E-state index in [4.69, 9.17) is 23.2 Å². The Balaban J connectivity index is 2.88. The predicted octanol–water partition coefficient (Wildman–Crippen LogP) is 2.48. The lowest BCUT2D eigenvalue weighted by atomic mass is 9.77. The third-order valence-electron chi connectivity index (χ3n) is 3.07. The molecule has 0 saturated heterocycles. The summed E-state index contributed by atoms with van der Waals surface area (Å²) in [5.41, 5.74) is -0.0933. The van der Waals surface area contributed by atoms with Gasteiger partial charge in [-0.2, -0.15) is 5.10 Å². The fourth-order valence-corrected chi connectivity index (χ4v) is 2.53. The molecule has 1 rings (SSSR count). The van der Waals surface area contributed by atoms with Crippen molar-refractivity contribution in [3.8, 4) is 0 Å². The highest BCUT2D eigenvalue weighted by molar-refractivity contribution is 6.21. The summed E-state index contributed by atoms with van der Waals surface area (Å²) in [5, 5.41) is 4.05. The second-order valence-electron chi connectivity index (χ2n) is 4.26. The first kappa shape index (κ1) is 12.8. The van der Waals surface area contributed by atoms with Gasteiger partial charge in [-0.25, -0.2) is 4.98 Å². The summed E-state index contributed by atoms with van der Waals surface area (Å²) in [6, 6.07) is 0. The maximum Gasteiger partial charge on any atom is 0.138 e. The van der Waals surface area contributed by atoms with Gasteiger partial charge in [-0.15, -0.1) is 23.2 Å². The molecule has 5 heteroatoms. The van der Waals surface area contributed by atoms with Crippen molar-refractivity contribution in [2.75, 3.05) is 11.8 Å². The van der Waals surface area contributed by atoms with Crippen LogP contribution in [0.3, 0.4) is 0 Å². The van der Waals surface area contributed by atoms with Crippen LogP contribution in [0.5, 0.6) is 0 Å². The first-order chi connectivity index (χ1) is 7.05. The summed E-state index contributed by atoms with van der Waals surface area (Å²) in [6.07, 6.45) is 2.33. The molecule has 1 aromatic rings. The van der Waals surface area contributed by atoms with Gasteiger partial charge in [-0.3, -0.25) is 4.68 Å². The minimum Gasteiger partial charge on any atom is -0.253 e. The molecule has 0 aliphatic rings. The molecule has 1 heterocycles. The standard InChI is InChI=1S/C10H17Cl2N3/c1-8(2)10(5-11,6-12)4-9-13-7-14-15(9)3/h7-8H,4-6H2,1-3H3. The lowest BCUT2D eigenvalue weighted by Crippen LogP contribution is -2.35. The number of hydrogen-bond donors (Lipinski definition) is 0. The summed E-state index contributed by atoms with van der Waals surface area (Å²) in [5.74, 6) is 2.44. The van der Waals surface area contributed by atoms with E-state index < -0.39 is 0 Å². The lowest BCUT2D eigenvalue weighted by Gasteiger charge is -2.33. The van der Waals surface area contributed by atoms with Crippen LogP contribution in [0.2, 0.25) is 0 Å². The zero-order valence-electron chi connectivity index (χ0n) is 9.37. The average molecular weight is 250 g/mol. The van der Waals surface area contributed by atoms with Gasteiger partial charge in [0, 0.05) is 30.6 Å². The van der Waals surface area contributed by atoms with Crippen LogP contribution in [0.4, 0.5) is 0 Å². The van der Waals surface area contributed by atoms with Crippen molar-refractivity contribution in [1.82, 2.24) is 14.8 Å². The Hall–Kier alpha value is -0.280. The molecule has 0 aliphatic heterocycles. The van der Waals surface area contributed by atoms with Gasteiger partial charge in [-0.1, -0.05) is 13.8 Å². The zero-order valence-corrected chi connectivity index (χ0v) is 10.9. The zero-order chi connectivity index (χ0) is 11.5. The molecule has 0 spiro atoms. The maximum atomic E-state index is 6.05. The topological polar surface area (TPSA) is 30.7 Å². The first-order valence-corrected chi connectivity index (χ1v) is 6.07. The van der Waals surface area contributed by atoms with Crippen LogP contribution in [0.15, 0.2) is 6.33 Å². The van der Waals surface area contributed by atoms with Crippen LogP contribution in [0.25, 0.3) is 0 Å². The molecule has 3 nitrogen and oxygen atoms in total. The van der Waals surface area contributed by atoms with Gasteiger partial charge < -0.3 is 0 Å². The number of aromatic nitrogens is 3. The van der Waals surface area contributed by atoms with Gasteiger partial charge in [0.1, 0.15) is 12.2 Å². The quantitative estimate of drug-likeness (QED) is 0.751. The predicted molar refractivity (Wildman–Crippen MR) is 63.4 cm³/mol. The minimum atomic E-state index is -0.0933. The van der Waals surface area contributed by atoms with Gasteiger partial charge in [0.25, 0.3) is 0 Å². The highest BCUT2D eigenvalue weighted by Gasteiger charge is 2.33. The van der Waals surface area contributed by atoms with Gasteiger partial charge in [0.05, 0.1) is 0 Å². The van der Waals surface area contributed by atoms with Crippen molar-refractivity contribution in [2.24, 2.45) is 18.4 Å². The SMILES string of the molecule is CC(C)C(CCl)(CCl)Cc1ncnn1C. The van der Waals surface area contributed by atoms with E-state index in [-0.39, 0.29) is 5.41 Å². The first-order valence-electron chi connectivity index (χ1n) is 5.00. The van der Waals surface area contributed by atoms with E-state index >= 15 is 0 Å². The molecule has 0 N–H and O–H groups in total. The van der Waals surface area contributed by atoms with Crippen molar-refractivity contribution in [1.29, 1.82) is 0 Å². The third-order valence-corrected chi connectivity index (χ3v) is 4.14. The van der Waals surface area contributed by atoms with Crippen molar-refractivity contribution in [2.45, 2.75) is 20.3 Å². The summed E-state index contributed by atoms with van der Waals surface area (Å²) in [6.45, 7) is 4.28. The van der Waals surface area contributed by atoms with Crippen LogP contribution >= 0.6 is 23.2 Å². The van der Waals surface area contributed by atoms with Crippen molar-refractivity contribution < 1.29 is 0 Å². The Kier molecular flexibility index (Phi) is 4.41. The second kappa shape index (κ2) is 5.17. The van der Waals surface area contributed by atoms with Crippen molar-refractivity contribution in [3.63, 3.8) is 0 Å². The van der Waals surface area contributed by atoms with Crippen molar-refractivity contribution >= 4 is 23.2 Å². The lowest BCUT2D eigenvalue weighted by molar-refractivity contribution is 0.250. The van der Waals surface area contributed by atoms with Crippen LogP contribution in [0.1, 0.15) is 19.7 Å². The molecular weight excluding hydrogens is 233 g/mol. The van der Waals surface area contributed by atoms with Gasteiger partial charge in [0.2, 0.25) is 0 Å². The molecule has 0 bridgehead atoms. The fraction of sp³-hybridized carbons (Fsp3) is 0.800. The van der Waals surface area contributed by atoms with Gasteiger partial charge in [0.15, 0.2) is 0 Å². The summed E-state index contributed by atoms with van der Waals surface area (Å²) in [4.78, 5) is 4.21. The molecule has 0 fully saturated rings. The average Bonchev–Trinajstić information content (AvgIpc) is 2.60. The molecule has 0 aliphatic carbocycles. The molecule has 0 saturated carbocycles. The Labute approximate surface area is 101 Å². The Morgan fingerprint density at radius 1 is 1.40 bits per heavy atom. The number of halogens is 2. The van der Waals surface area contributed by atoms with Crippen molar-refractivity contribution in [3.05, 3.63) is 12.2 Å². The molecule has 1 aromatic heterocycles. The van der Waals surface area contributed by atoms with E-state index in [1.807, 2.05) is 7.05 Å². The number of hydrogen-bond acceptors (Lipinski definition) is 2. The molecule has 86 valence electrons. The number of alkyl halides is 2. The Morgan fingerprint density at radius 3 is 2.33 bits per heavy atom. The highest BCUT2D eigenvalue weighted by Crippen LogP contribution is 2.34. The van der Waals surface area contributed by atoms with Crippen LogP contribution in [-0.2, 0) is 13.5 Å². The van der Waals surface area contributed by atoms with E-state index in [0.29, 0.717) is 17.7 Å². The van der Waals surface area contributed by atoms with Crippen LogP contribution in [-0.4, -0.2) is 26.5 Å². The largest absolute Gasteiger partial charge is 0.253 e. The smallest absolute Gasteiger partial charge is 0.138 e. The number of aryl methyl sites for hydroxylation is 1. The maximum absolute atomic E-state index is 6.05. The minimum absolute atomic E-state index is 0.0933. The van der Waals surface area contributed by atoms with E-state index in [2.05, 4.69) is 23.9 Å². The fourth-order valence-electron chi connectivity index (χ4n) is 1.44. The summed E-state index contributed by atoms with van der Waals surface area (Å²) >= 11 is 12.1. The third kappa shape index (κ3) is 2.64. The van der Waals surface area contributed by atoms with E-state index in [1.54, 1.807) is 11.0 Å². The number of nitrogens with zero attached hydrogens (tertiary/aromatic N) is 3. The van der Waals surface area contributed by atoms with E-state index in [0.717, 1.165) is 12.2 Å². The molecule has 0 aromatic carbocycles. The van der Waals surface area contributed by atoms with Gasteiger partial charge >= 0.3 is 0 Å². The molecule has 15 heavy (non-hydrogen) atoms. The molecular formula is C10H17Cl2N3. The van der Waals surface area contributed by atoms with E-state index in [9.17, 15) is 0 Å². The number of rotatable bonds is 5. The molecule has 0 atom stereocenters. The Morgan fingerprint density at radius 2 is 2.00 bits per heavy atom. The molecule has 0 radical (unpaired) electrons. The van der Waals surface area contributed by atoms with E-state index in [1.165, 1.54) is 0 Å². The molecule has 0 amide bonds. The molecule has 0 unspecified atom stereocenters. The van der Waals surface area contributed by atoms with Crippen LogP contribution in [0, 0.1) is 11.3 Å². The monoisotopic (exact) mass is 249 g/mol. The summed E-state index contributed by atoms with van der Waals surface area (Å²) in [7, 11) is 1.88. The normalized spacial score (nSPS) is 12.4. The summed E-state index contributed by atoms with van der Waals surface area (Å²) < 4.78 is 1.77. The van der Waals surface area contributed by atoms with Crippen LogP contribution < -0.4 is 0 Å². The second-order valence-corrected chi connectivity index (χ2v) is 4.80. The van der Waals surface area contributed by atoms with Gasteiger partial charge in [-0.05, 0) is 5.92 Å².